The molecule has 0 aliphatic rings. The molecule has 7 heteroatoms. The van der Waals surface area contributed by atoms with Gasteiger partial charge in [0.15, 0.2) is 0 Å². The van der Waals surface area contributed by atoms with E-state index in [0.717, 1.165) is 27.0 Å². The highest BCUT2D eigenvalue weighted by Crippen LogP contribution is 2.33. The lowest BCUT2D eigenvalue weighted by molar-refractivity contribution is -0.478. The van der Waals surface area contributed by atoms with E-state index in [1.807, 2.05) is 17.4 Å². The molecule has 2 aromatic heterocycles. The van der Waals surface area contributed by atoms with Gasteiger partial charge in [-0.1, -0.05) is 29.0 Å². The number of nitrogens with zero attached hydrogens (tertiary/aromatic N) is 2. The molecule has 2 aromatic carbocycles. The van der Waals surface area contributed by atoms with E-state index in [2.05, 4.69) is 36.2 Å². The van der Waals surface area contributed by atoms with E-state index in [-0.39, 0.29) is 5.69 Å². The highest BCUT2D eigenvalue weighted by molar-refractivity contribution is 7.18. The number of furan rings is 1. The lowest BCUT2D eigenvalue weighted by Crippen LogP contribution is -2.70. The lowest BCUT2D eigenvalue weighted by Gasteiger charge is -1.97. The molecule has 134 valence electrons. The predicted molar refractivity (Wildman–Crippen MR) is 104 cm³/mol. The van der Waals surface area contributed by atoms with E-state index in [1.165, 1.54) is 17.7 Å². The number of non-ortho nitro benzene ring substituents is 1. The Kier molecular flexibility index (Phi) is 4.53. The molecule has 0 aliphatic carbocycles. The normalized spacial score (nSPS) is 10.9. The number of rotatable bonds is 5. The van der Waals surface area contributed by atoms with Crippen LogP contribution in [0.2, 0.25) is 0 Å². The molecule has 2 N–H and O–H groups in total. The van der Waals surface area contributed by atoms with Crippen molar-refractivity contribution in [1.82, 2.24) is 4.98 Å². The monoisotopic (exact) mass is 378 g/mol. The summed E-state index contributed by atoms with van der Waals surface area (Å²) < 4.78 is 5.92. The molecule has 0 unspecified atom stereocenters. The van der Waals surface area contributed by atoms with Gasteiger partial charge in [0.25, 0.3) is 10.8 Å². The van der Waals surface area contributed by atoms with Gasteiger partial charge in [-0.15, -0.1) is 0 Å². The maximum atomic E-state index is 10.8. The van der Waals surface area contributed by atoms with Gasteiger partial charge in [-0.3, -0.25) is 15.4 Å². The lowest BCUT2D eigenvalue weighted by atomic mass is 10.1. The fourth-order valence-corrected chi connectivity index (χ4v) is 3.49. The highest BCUT2D eigenvalue weighted by Gasteiger charge is 2.13. The molecule has 27 heavy (non-hydrogen) atoms. The number of hydrogen-bond acceptors (Lipinski definition) is 5. The van der Waals surface area contributed by atoms with Crippen molar-refractivity contribution >= 4 is 27.8 Å². The van der Waals surface area contributed by atoms with Crippen molar-refractivity contribution in [3.8, 4) is 22.0 Å². The van der Waals surface area contributed by atoms with E-state index in [1.54, 1.807) is 29.7 Å². The van der Waals surface area contributed by atoms with E-state index in [0.29, 0.717) is 5.76 Å². The van der Waals surface area contributed by atoms with Crippen molar-refractivity contribution in [3.05, 3.63) is 82.5 Å². The average Bonchev–Trinajstić information content (AvgIpc) is 3.33. The van der Waals surface area contributed by atoms with Gasteiger partial charge in [0, 0.05) is 17.7 Å². The Hall–Kier alpha value is -3.29. The minimum atomic E-state index is -0.416. The second-order valence-corrected chi connectivity index (χ2v) is 7.15. The first kappa shape index (κ1) is 17.1. The standard InChI is InChI=1S/C20H15N3O3S/c1-13-2-6-15(7-3-13)22-20-21-12-19(27-20)18-11-10-17(26-18)14-4-8-16(9-5-14)23(24)25/h2-12H,1H3,(H,21,22)/p+1. The maximum Gasteiger partial charge on any atom is 0.288 e. The first-order valence-electron chi connectivity index (χ1n) is 8.31. The van der Waals surface area contributed by atoms with Gasteiger partial charge >= 0.3 is 0 Å². The summed E-state index contributed by atoms with van der Waals surface area (Å²) in [5.41, 5.74) is 3.18. The summed E-state index contributed by atoms with van der Waals surface area (Å²) >= 11 is 1.55. The van der Waals surface area contributed by atoms with Crippen LogP contribution in [-0.4, -0.2) is 9.91 Å². The predicted octanol–water partition coefficient (Wildman–Crippen LogP) is 4.81. The zero-order chi connectivity index (χ0) is 18.8. The molecule has 0 bridgehead atoms. The van der Waals surface area contributed by atoms with E-state index < -0.39 is 4.92 Å². The molecule has 4 aromatic rings. The summed E-state index contributed by atoms with van der Waals surface area (Å²) in [4.78, 5) is 15.7. The summed E-state index contributed by atoms with van der Waals surface area (Å²) in [7, 11) is 0. The van der Waals surface area contributed by atoms with Gasteiger partial charge in [0.05, 0.1) is 16.0 Å². The van der Waals surface area contributed by atoms with Crippen LogP contribution in [0.3, 0.4) is 0 Å². The van der Waals surface area contributed by atoms with Crippen LogP contribution in [0.25, 0.3) is 22.0 Å². The Labute approximate surface area is 159 Å². The van der Waals surface area contributed by atoms with Gasteiger partial charge in [0.1, 0.15) is 17.2 Å². The Balaban J connectivity index is 1.52. The smallest absolute Gasteiger partial charge is 0.288 e. The maximum absolute atomic E-state index is 10.8. The Morgan fingerprint density at radius 1 is 1.00 bits per heavy atom. The van der Waals surface area contributed by atoms with Crippen molar-refractivity contribution < 1.29 is 14.7 Å². The quantitative estimate of drug-likeness (QED) is 0.307. The topological polar surface area (TPSA) is 85.8 Å². The minimum absolute atomic E-state index is 0.0595. The number of nitro groups is 1. The molecule has 0 saturated heterocycles. The zero-order valence-corrected chi connectivity index (χ0v) is 15.3. The van der Waals surface area contributed by atoms with Crippen molar-refractivity contribution in [2.75, 3.05) is 0 Å². The Morgan fingerprint density at radius 2 is 1.70 bits per heavy atom. The summed E-state index contributed by atoms with van der Waals surface area (Å²) in [5.74, 6) is 1.39. The van der Waals surface area contributed by atoms with E-state index >= 15 is 0 Å². The van der Waals surface area contributed by atoms with Crippen molar-refractivity contribution in [2.24, 2.45) is 0 Å². The fraction of sp³-hybridized carbons (Fsp3) is 0.0500. The Bertz CT molecular complexity index is 1080. The summed E-state index contributed by atoms with van der Waals surface area (Å²) in [6.07, 6.45) is 1.79. The largest absolute Gasteiger partial charge is 0.455 e. The number of hydrogen-bond donors (Lipinski definition) is 1. The SMILES string of the molecule is Cc1ccc([NH2+]c2ncc(-c3ccc(-c4ccc([N+](=O)[O-])cc4)o3)s2)cc1. The van der Waals surface area contributed by atoms with Crippen molar-refractivity contribution in [3.63, 3.8) is 0 Å². The summed E-state index contributed by atoms with van der Waals surface area (Å²) in [5, 5.41) is 13.7. The molecule has 2 heterocycles. The van der Waals surface area contributed by atoms with Crippen LogP contribution in [0.1, 0.15) is 5.56 Å². The number of nitro benzene ring substituents is 1. The van der Waals surface area contributed by atoms with Gasteiger partial charge in [-0.2, -0.15) is 4.98 Å². The van der Waals surface area contributed by atoms with Gasteiger partial charge in [-0.25, -0.2) is 0 Å². The van der Waals surface area contributed by atoms with Crippen LogP contribution < -0.4 is 5.32 Å². The third-order valence-corrected chi connectivity index (χ3v) is 5.06. The summed E-state index contributed by atoms with van der Waals surface area (Å²) in [6, 6.07) is 18.3. The molecule has 0 amide bonds. The molecule has 0 atom stereocenters. The first-order valence-corrected chi connectivity index (χ1v) is 9.12. The molecular weight excluding hydrogens is 362 g/mol. The number of aryl methyl sites for hydroxylation is 1. The second-order valence-electron chi connectivity index (χ2n) is 6.09. The third-order valence-electron chi connectivity index (χ3n) is 4.10. The molecule has 0 aliphatic heterocycles. The second kappa shape index (κ2) is 7.14. The summed E-state index contributed by atoms with van der Waals surface area (Å²) in [6.45, 7) is 2.06. The third kappa shape index (κ3) is 3.79. The number of quaternary nitrogens is 1. The molecule has 0 saturated carbocycles. The number of aromatic nitrogens is 1. The van der Waals surface area contributed by atoms with Crippen LogP contribution in [0.15, 0.2) is 71.3 Å². The highest BCUT2D eigenvalue weighted by atomic mass is 32.1. The fourth-order valence-electron chi connectivity index (χ4n) is 2.65. The number of nitrogens with two attached hydrogens (primary N) is 1. The molecular formula is C20H16N3O3S+. The number of benzene rings is 2. The minimum Gasteiger partial charge on any atom is -0.455 e. The van der Waals surface area contributed by atoms with E-state index in [4.69, 9.17) is 4.42 Å². The van der Waals surface area contributed by atoms with E-state index in [9.17, 15) is 10.1 Å². The molecule has 4 rings (SSSR count). The van der Waals surface area contributed by atoms with Gasteiger partial charge in [0.2, 0.25) is 0 Å². The van der Waals surface area contributed by atoms with Crippen LogP contribution in [0, 0.1) is 17.0 Å². The van der Waals surface area contributed by atoms with Crippen LogP contribution in [0.5, 0.6) is 0 Å². The average molecular weight is 378 g/mol. The van der Waals surface area contributed by atoms with Crippen LogP contribution >= 0.6 is 11.3 Å². The molecule has 0 radical (unpaired) electrons. The van der Waals surface area contributed by atoms with Crippen LogP contribution in [-0.2, 0) is 0 Å². The number of thiazole rings is 1. The molecule has 0 fully saturated rings. The van der Waals surface area contributed by atoms with Gasteiger partial charge < -0.3 is 4.42 Å². The van der Waals surface area contributed by atoms with Crippen LogP contribution in [0.4, 0.5) is 16.5 Å². The molecule has 6 nitrogen and oxygen atoms in total. The Morgan fingerprint density at radius 3 is 2.41 bits per heavy atom. The van der Waals surface area contributed by atoms with Crippen molar-refractivity contribution in [1.29, 1.82) is 0 Å². The molecule has 0 spiro atoms. The van der Waals surface area contributed by atoms with Gasteiger partial charge in [-0.05, 0) is 43.3 Å². The van der Waals surface area contributed by atoms with Crippen molar-refractivity contribution in [2.45, 2.75) is 6.92 Å². The zero-order valence-electron chi connectivity index (χ0n) is 14.5. The first-order chi connectivity index (χ1) is 13.1.